The van der Waals surface area contributed by atoms with Crippen molar-refractivity contribution in [2.45, 2.75) is 13.0 Å². The number of nitrogens with zero attached hydrogens (tertiary/aromatic N) is 1. The molecule has 0 unspecified atom stereocenters. The van der Waals surface area contributed by atoms with E-state index in [4.69, 9.17) is 0 Å². The number of carbonyl (C=O) groups is 2. The molecule has 2 N–H and O–H groups in total. The van der Waals surface area contributed by atoms with Gasteiger partial charge in [-0.1, -0.05) is 12.1 Å². The highest BCUT2D eigenvalue weighted by Gasteiger charge is 2.24. The van der Waals surface area contributed by atoms with Crippen molar-refractivity contribution in [1.82, 2.24) is 10.2 Å². The van der Waals surface area contributed by atoms with Gasteiger partial charge in [0.1, 0.15) is 0 Å². The van der Waals surface area contributed by atoms with E-state index in [9.17, 15) is 9.59 Å². The molecule has 1 aliphatic rings. The largest absolute Gasteiger partial charge is 0.333 e. The van der Waals surface area contributed by atoms with Gasteiger partial charge in [0.15, 0.2) is 0 Å². The zero-order valence-electron chi connectivity index (χ0n) is 13.3. The zero-order chi connectivity index (χ0) is 16.2. The summed E-state index contributed by atoms with van der Waals surface area (Å²) in [6.45, 7) is 4.35. The molecule has 7 heteroatoms. The minimum atomic E-state index is -0.153. The van der Waals surface area contributed by atoms with E-state index in [1.807, 2.05) is 23.3 Å². The van der Waals surface area contributed by atoms with Crippen molar-refractivity contribution < 1.29 is 9.59 Å². The van der Waals surface area contributed by atoms with E-state index in [2.05, 4.69) is 10.6 Å². The van der Waals surface area contributed by atoms with E-state index in [0.29, 0.717) is 22.7 Å². The average Bonchev–Trinajstić information content (AvgIpc) is 3.09. The van der Waals surface area contributed by atoms with Gasteiger partial charge < -0.3 is 15.5 Å². The molecule has 0 aliphatic carbocycles. The minimum Gasteiger partial charge on any atom is -0.333 e. The fourth-order valence-electron chi connectivity index (χ4n) is 2.64. The first-order valence-corrected chi connectivity index (χ1v) is 8.50. The number of rotatable bonds is 3. The number of thiophene rings is 1. The third-order valence-corrected chi connectivity index (χ3v) is 4.74. The molecule has 0 spiro atoms. The summed E-state index contributed by atoms with van der Waals surface area (Å²) in [6.07, 6.45) is 0. The summed E-state index contributed by atoms with van der Waals surface area (Å²) in [6, 6.07) is 10.9. The molecule has 5 nitrogen and oxygen atoms in total. The number of anilines is 1. The summed E-state index contributed by atoms with van der Waals surface area (Å²) in [7, 11) is 0. The number of hydrogen-bond donors (Lipinski definition) is 2. The highest BCUT2D eigenvalue weighted by Crippen LogP contribution is 2.17. The Balaban J connectivity index is 0.00000208. The van der Waals surface area contributed by atoms with Crippen LogP contribution >= 0.6 is 23.7 Å². The minimum absolute atomic E-state index is 0. The molecule has 1 atom stereocenters. The van der Waals surface area contributed by atoms with Crippen molar-refractivity contribution in [2.24, 2.45) is 0 Å². The van der Waals surface area contributed by atoms with Crippen molar-refractivity contribution in [3.8, 4) is 0 Å². The number of benzene rings is 1. The lowest BCUT2D eigenvalue weighted by molar-refractivity contribution is 0.0655. The normalized spacial score (nSPS) is 17.0. The van der Waals surface area contributed by atoms with Gasteiger partial charge in [-0.05, 0) is 36.6 Å². The van der Waals surface area contributed by atoms with Crippen molar-refractivity contribution in [3.63, 3.8) is 0 Å². The van der Waals surface area contributed by atoms with Crippen molar-refractivity contribution in [1.29, 1.82) is 0 Å². The predicted octanol–water partition coefficient (Wildman–Crippen LogP) is 2.86. The first-order chi connectivity index (χ1) is 11.1. The van der Waals surface area contributed by atoms with Gasteiger partial charge in [0.25, 0.3) is 11.8 Å². The Morgan fingerprint density at radius 3 is 2.83 bits per heavy atom. The van der Waals surface area contributed by atoms with E-state index in [1.54, 1.807) is 30.3 Å². The molecule has 1 aliphatic heterocycles. The fourth-order valence-corrected chi connectivity index (χ4v) is 3.26. The van der Waals surface area contributed by atoms with Crippen LogP contribution in [-0.4, -0.2) is 42.4 Å². The molecule has 2 heterocycles. The number of halogens is 1. The molecule has 3 rings (SSSR count). The van der Waals surface area contributed by atoms with E-state index in [0.717, 1.165) is 13.1 Å². The third-order valence-electron chi connectivity index (χ3n) is 3.87. The summed E-state index contributed by atoms with van der Waals surface area (Å²) in [4.78, 5) is 27.3. The van der Waals surface area contributed by atoms with Crippen LogP contribution < -0.4 is 10.6 Å². The highest BCUT2D eigenvalue weighted by atomic mass is 35.5. The maximum Gasteiger partial charge on any atom is 0.265 e. The molecule has 0 bridgehead atoms. The molecule has 1 fully saturated rings. The van der Waals surface area contributed by atoms with Gasteiger partial charge in [-0.15, -0.1) is 23.7 Å². The van der Waals surface area contributed by atoms with Crippen molar-refractivity contribution >= 4 is 41.2 Å². The van der Waals surface area contributed by atoms with Crippen LogP contribution in [0.15, 0.2) is 41.8 Å². The molecule has 1 aromatic carbocycles. The number of hydrogen-bond acceptors (Lipinski definition) is 4. The lowest BCUT2D eigenvalue weighted by atomic mass is 10.1. The monoisotopic (exact) mass is 365 g/mol. The molecule has 0 radical (unpaired) electrons. The van der Waals surface area contributed by atoms with E-state index in [1.165, 1.54) is 11.3 Å². The van der Waals surface area contributed by atoms with E-state index >= 15 is 0 Å². The standard InChI is InChI=1S/C17H19N3O2S.ClH/c1-12-11-18-7-8-20(12)17(22)13-4-2-5-14(10-13)19-16(21)15-6-3-9-23-15;/h2-6,9-10,12,18H,7-8,11H2,1H3,(H,19,21);1H/t12-;/m0./s1. The number of nitrogens with one attached hydrogen (secondary N) is 2. The van der Waals surface area contributed by atoms with Gasteiger partial charge in [-0.2, -0.15) is 0 Å². The van der Waals surface area contributed by atoms with Crippen LogP contribution in [0.1, 0.15) is 27.0 Å². The van der Waals surface area contributed by atoms with Gasteiger partial charge >= 0.3 is 0 Å². The second-order valence-electron chi connectivity index (χ2n) is 5.56. The Hall–Kier alpha value is -1.89. The smallest absolute Gasteiger partial charge is 0.265 e. The summed E-state index contributed by atoms with van der Waals surface area (Å²) < 4.78 is 0. The third kappa shape index (κ3) is 4.14. The van der Waals surface area contributed by atoms with Gasteiger partial charge in [-0.3, -0.25) is 9.59 Å². The number of amides is 2. The Morgan fingerprint density at radius 2 is 2.12 bits per heavy atom. The molecule has 2 amide bonds. The maximum atomic E-state index is 12.7. The summed E-state index contributed by atoms with van der Waals surface area (Å²) >= 11 is 1.39. The van der Waals surface area contributed by atoms with Crippen LogP contribution in [0, 0.1) is 0 Å². The molecule has 1 saturated heterocycles. The Morgan fingerprint density at radius 1 is 1.29 bits per heavy atom. The van der Waals surface area contributed by atoms with Crippen LogP contribution in [0.3, 0.4) is 0 Å². The summed E-state index contributed by atoms with van der Waals surface area (Å²) in [5.41, 5.74) is 1.24. The number of carbonyl (C=O) groups excluding carboxylic acids is 2. The topological polar surface area (TPSA) is 61.4 Å². The van der Waals surface area contributed by atoms with Gasteiger partial charge in [0.2, 0.25) is 0 Å². The molecule has 128 valence electrons. The Labute approximate surface area is 151 Å². The van der Waals surface area contributed by atoms with Crippen LogP contribution in [-0.2, 0) is 0 Å². The van der Waals surface area contributed by atoms with Crippen LogP contribution in [0.25, 0.3) is 0 Å². The molecular formula is C17H20ClN3O2S. The van der Waals surface area contributed by atoms with Crippen LogP contribution in [0.4, 0.5) is 5.69 Å². The van der Waals surface area contributed by atoms with Crippen molar-refractivity contribution in [2.75, 3.05) is 25.0 Å². The Kier molecular flexibility index (Phi) is 6.36. The van der Waals surface area contributed by atoms with Crippen molar-refractivity contribution in [3.05, 3.63) is 52.2 Å². The molecule has 24 heavy (non-hydrogen) atoms. The number of piperazine rings is 1. The quantitative estimate of drug-likeness (QED) is 0.879. The fraction of sp³-hybridized carbons (Fsp3) is 0.294. The molecule has 0 saturated carbocycles. The molecular weight excluding hydrogens is 346 g/mol. The zero-order valence-corrected chi connectivity index (χ0v) is 15.0. The molecule has 1 aromatic heterocycles. The first-order valence-electron chi connectivity index (χ1n) is 7.62. The maximum absolute atomic E-state index is 12.7. The average molecular weight is 366 g/mol. The Bertz CT molecular complexity index is 706. The van der Waals surface area contributed by atoms with Crippen LogP contribution in [0.5, 0.6) is 0 Å². The van der Waals surface area contributed by atoms with E-state index < -0.39 is 0 Å². The van der Waals surface area contributed by atoms with Gasteiger partial charge in [-0.25, -0.2) is 0 Å². The van der Waals surface area contributed by atoms with Gasteiger partial charge in [0, 0.05) is 36.9 Å². The lowest BCUT2D eigenvalue weighted by Gasteiger charge is -2.34. The van der Waals surface area contributed by atoms with Gasteiger partial charge in [0.05, 0.1) is 4.88 Å². The summed E-state index contributed by atoms with van der Waals surface area (Å²) in [5, 5.41) is 7.98. The van der Waals surface area contributed by atoms with Crippen LogP contribution in [0.2, 0.25) is 0 Å². The lowest BCUT2D eigenvalue weighted by Crippen LogP contribution is -2.52. The van der Waals surface area contributed by atoms with E-state index in [-0.39, 0.29) is 30.3 Å². The highest BCUT2D eigenvalue weighted by molar-refractivity contribution is 7.12. The predicted molar refractivity (Wildman–Crippen MR) is 99.3 cm³/mol. The second-order valence-corrected chi connectivity index (χ2v) is 6.51. The molecule has 2 aromatic rings. The second kappa shape index (κ2) is 8.28. The first kappa shape index (κ1) is 18.4. The summed E-state index contributed by atoms with van der Waals surface area (Å²) in [5.74, 6) is -0.147. The SMILES string of the molecule is C[C@H]1CNCCN1C(=O)c1cccc(NC(=O)c2cccs2)c1.Cl.